The van der Waals surface area contributed by atoms with Crippen LogP contribution in [0.4, 0.5) is 0 Å². The average Bonchev–Trinajstić information content (AvgIpc) is 2.15. The van der Waals surface area contributed by atoms with Crippen LogP contribution in [0.3, 0.4) is 0 Å². The van der Waals surface area contributed by atoms with Crippen molar-refractivity contribution in [1.82, 2.24) is 5.43 Å². The lowest BCUT2D eigenvalue weighted by atomic mass is 10.2. The van der Waals surface area contributed by atoms with Crippen molar-refractivity contribution in [2.24, 2.45) is 11.8 Å². The van der Waals surface area contributed by atoms with Crippen LogP contribution in [0, 0.1) is 5.92 Å². The van der Waals surface area contributed by atoms with E-state index in [1.165, 1.54) is 0 Å². The van der Waals surface area contributed by atoms with E-state index in [0.717, 1.165) is 19.1 Å². The maximum Gasteiger partial charge on any atom is 0.233 e. The predicted molar refractivity (Wildman–Crippen MR) is 57.4 cm³/mol. The van der Waals surface area contributed by atoms with E-state index in [9.17, 15) is 9.59 Å². The van der Waals surface area contributed by atoms with E-state index in [4.69, 9.17) is 5.84 Å². The molecule has 0 aromatic heterocycles. The molecular formula is C10H22N2O2. The summed E-state index contributed by atoms with van der Waals surface area (Å²) in [5.74, 6) is 5.27. The highest BCUT2D eigenvalue weighted by atomic mass is 16.2. The second-order valence-electron chi connectivity index (χ2n) is 3.47. The van der Waals surface area contributed by atoms with Gasteiger partial charge in [-0.2, -0.15) is 0 Å². The summed E-state index contributed by atoms with van der Waals surface area (Å²) >= 11 is 0. The molecule has 0 bridgehead atoms. The second kappa shape index (κ2) is 12.1. The number of carbonyl (C=O) groups is 2. The van der Waals surface area contributed by atoms with Gasteiger partial charge in [-0.15, -0.1) is 0 Å². The topological polar surface area (TPSA) is 72.2 Å². The minimum Gasteiger partial charge on any atom is -0.303 e. The van der Waals surface area contributed by atoms with Crippen molar-refractivity contribution in [3.05, 3.63) is 0 Å². The van der Waals surface area contributed by atoms with Gasteiger partial charge in [0.15, 0.2) is 0 Å². The Balaban J connectivity index is 0. The van der Waals surface area contributed by atoms with E-state index in [-0.39, 0.29) is 5.91 Å². The predicted octanol–water partition coefficient (Wildman–Crippen LogP) is 1.40. The fraction of sp³-hybridized carbons (Fsp3) is 0.800. The molecular weight excluding hydrogens is 180 g/mol. The lowest BCUT2D eigenvalue weighted by Crippen LogP contribution is -2.29. The Morgan fingerprint density at radius 1 is 1.50 bits per heavy atom. The Morgan fingerprint density at radius 2 is 2.07 bits per heavy atom. The van der Waals surface area contributed by atoms with Crippen LogP contribution in [-0.4, -0.2) is 12.2 Å². The van der Waals surface area contributed by atoms with Crippen LogP contribution in [-0.2, 0) is 9.59 Å². The summed E-state index contributed by atoms with van der Waals surface area (Å²) < 4.78 is 0. The van der Waals surface area contributed by atoms with Gasteiger partial charge in [0, 0.05) is 12.8 Å². The third kappa shape index (κ3) is 17.3. The first kappa shape index (κ1) is 15.6. The maximum atomic E-state index is 10.3. The lowest BCUT2D eigenvalue weighted by molar-refractivity contribution is -0.121. The third-order valence-corrected chi connectivity index (χ3v) is 1.49. The van der Waals surface area contributed by atoms with Gasteiger partial charge >= 0.3 is 0 Å². The van der Waals surface area contributed by atoms with Crippen molar-refractivity contribution < 1.29 is 9.59 Å². The van der Waals surface area contributed by atoms with E-state index < -0.39 is 0 Å². The van der Waals surface area contributed by atoms with Crippen molar-refractivity contribution in [2.45, 2.75) is 46.5 Å². The quantitative estimate of drug-likeness (QED) is 0.306. The van der Waals surface area contributed by atoms with Crippen LogP contribution in [0.25, 0.3) is 0 Å². The van der Waals surface area contributed by atoms with Crippen LogP contribution in [0.1, 0.15) is 46.5 Å². The van der Waals surface area contributed by atoms with Gasteiger partial charge in [-0.1, -0.05) is 27.2 Å². The zero-order chi connectivity index (χ0) is 11.4. The van der Waals surface area contributed by atoms with E-state index in [0.29, 0.717) is 18.8 Å². The molecule has 14 heavy (non-hydrogen) atoms. The minimum absolute atomic E-state index is 0.0770. The molecule has 0 unspecified atom stereocenters. The van der Waals surface area contributed by atoms with Crippen molar-refractivity contribution in [3.8, 4) is 0 Å². The number of hydrazine groups is 1. The Hall–Kier alpha value is -0.900. The van der Waals surface area contributed by atoms with E-state index in [2.05, 4.69) is 5.43 Å². The third-order valence-electron chi connectivity index (χ3n) is 1.49. The molecule has 4 heteroatoms. The first-order valence-corrected chi connectivity index (χ1v) is 5.01. The number of rotatable bonds is 5. The Morgan fingerprint density at radius 3 is 2.29 bits per heavy atom. The van der Waals surface area contributed by atoms with Crippen molar-refractivity contribution >= 4 is 12.2 Å². The molecule has 4 nitrogen and oxygen atoms in total. The van der Waals surface area contributed by atoms with Crippen LogP contribution < -0.4 is 11.3 Å². The standard InChI is InChI=1S/C5H12N2O.C5H10O/c1-2-3-4-5(8)7-6;1-5(2)3-4-6/h2-4,6H2,1H3,(H,7,8);4-5H,3H2,1-2H3. The molecule has 3 N–H and O–H groups in total. The largest absolute Gasteiger partial charge is 0.303 e. The van der Waals surface area contributed by atoms with Crippen LogP contribution in [0.5, 0.6) is 0 Å². The zero-order valence-corrected chi connectivity index (χ0v) is 9.38. The lowest BCUT2D eigenvalue weighted by Gasteiger charge is -1.93. The summed E-state index contributed by atoms with van der Waals surface area (Å²) in [6, 6.07) is 0. The molecule has 0 aromatic carbocycles. The molecule has 0 saturated heterocycles. The number of unbranched alkanes of at least 4 members (excludes halogenated alkanes) is 1. The number of carbonyl (C=O) groups excluding carboxylic acids is 2. The molecule has 1 amide bonds. The van der Waals surface area contributed by atoms with Gasteiger partial charge in [0.1, 0.15) is 6.29 Å². The molecule has 0 aliphatic rings. The van der Waals surface area contributed by atoms with Crippen molar-refractivity contribution in [2.75, 3.05) is 0 Å². The monoisotopic (exact) mass is 202 g/mol. The summed E-state index contributed by atoms with van der Waals surface area (Å²) in [5.41, 5.74) is 2.06. The minimum atomic E-state index is -0.0770. The molecule has 0 fully saturated rings. The summed E-state index contributed by atoms with van der Waals surface area (Å²) in [6.07, 6.45) is 4.15. The SMILES string of the molecule is CC(C)CC=O.CCCCC(=O)NN. The van der Waals surface area contributed by atoms with E-state index in [1.807, 2.05) is 20.8 Å². The van der Waals surface area contributed by atoms with Crippen LogP contribution in [0.2, 0.25) is 0 Å². The molecule has 0 heterocycles. The highest BCUT2D eigenvalue weighted by molar-refractivity contribution is 5.74. The molecule has 84 valence electrons. The Bertz CT molecular complexity index is 147. The molecule has 0 aliphatic carbocycles. The van der Waals surface area contributed by atoms with Crippen LogP contribution >= 0.6 is 0 Å². The van der Waals surface area contributed by atoms with Gasteiger partial charge in [0.25, 0.3) is 0 Å². The average molecular weight is 202 g/mol. The van der Waals surface area contributed by atoms with Gasteiger partial charge in [0.05, 0.1) is 0 Å². The van der Waals surface area contributed by atoms with Gasteiger partial charge in [-0.25, -0.2) is 5.84 Å². The summed E-state index contributed by atoms with van der Waals surface area (Å²) in [7, 11) is 0. The normalized spacial score (nSPS) is 8.93. The molecule has 0 spiro atoms. The van der Waals surface area contributed by atoms with E-state index in [1.54, 1.807) is 0 Å². The smallest absolute Gasteiger partial charge is 0.233 e. The number of aldehydes is 1. The highest BCUT2D eigenvalue weighted by Crippen LogP contribution is 1.92. The molecule has 0 rings (SSSR count). The first-order chi connectivity index (χ1) is 6.58. The number of nitrogens with one attached hydrogen (secondary N) is 1. The molecule has 0 atom stereocenters. The van der Waals surface area contributed by atoms with Gasteiger partial charge < -0.3 is 4.79 Å². The van der Waals surface area contributed by atoms with Gasteiger partial charge in [-0.05, 0) is 12.3 Å². The Labute approximate surface area is 86.2 Å². The van der Waals surface area contributed by atoms with Gasteiger partial charge in [0.2, 0.25) is 5.91 Å². The van der Waals surface area contributed by atoms with Crippen molar-refractivity contribution in [3.63, 3.8) is 0 Å². The number of hydrogen-bond acceptors (Lipinski definition) is 3. The second-order valence-corrected chi connectivity index (χ2v) is 3.47. The summed E-state index contributed by atoms with van der Waals surface area (Å²) in [5, 5.41) is 0. The fourth-order valence-electron chi connectivity index (χ4n) is 0.602. The summed E-state index contributed by atoms with van der Waals surface area (Å²) in [4.78, 5) is 19.9. The van der Waals surface area contributed by atoms with E-state index >= 15 is 0 Å². The number of amides is 1. The Kier molecular flexibility index (Phi) is 13.5. The first-order valence-electron chi connectivity index (χ1n) is 5.01. The molecule has 0 aliphatic heterocycles. The zero-order valence-electron chi connectivity index (χ0n) is 9.38. The van der Waals surface area contributed by atoms with Gasteiger partial charge in [-0.3, -0.25) is 10.2 Å². The number of hydrogen-bond donors (Lipinski definition) is 2. The summed E-state index contributed by atoms with van der Waals surface area (Å²) in [6.45, 7) is 6.08. The molecule has 0 radical (unpaired) electrons. The number of nitrogens with two attached hydrogens (primary N) is 1. The molecule has 0 aromatic rings. The molecule has 0 saturated carbocycles. The fourth-order valence-corrected chi connectivity index (χ4v) is 0.602. The van der Waals surface area contributed by atoms with Crippen molar-refractivity contribution in [1.29, 1.82) is 0 Å². The highest BCUT2D eigenvalue weighted by Gasteiger charge is 1.93. The van der Waals surface area contributed by atoms with Crippen LogP contribution in [0.15, 0.2) is 0 Å². The maximum absolute atomic E-state index is 10.3.